The number of oxazole rings is 1. The number of aromatic nitrogens is 1. The van der Waals surface area contributed by atoms with Crippen LogP contribution in [-0.2, 0) is 0 Å². The maximum atomic E-state index is 6.63. The van der Waals surface area contributed by atoms with Crippen molar-refractivity contribution >= 4 is 60.9 Å². The topological polar surface area (TPSA) is 42.4 Å². The first-order valence-electron chi connectivity index (χ1n) is 19.5. The molecule has 10 aromatic rings. The minimum Gasteiger partial charge on any atom is -0.455 e. The van der Waals surface area contributed by atoms with E-state index in [0.717, 1.165) is 73.2 Å². The third kappa shape index (κ3) is 5.73. The van der Waals surface area contributed by atoms with Gasteiger partial charge < -0.3 is 13.7 Å². The number of hydrogen-bond acceptors (Lipinski definition) is 4. The lowest BCUT2D eigenvalue weighted by Crippen LogP contribution is -2.11. The van der Waals surface area contributed by atoms with Crippen LogP contribution in [0.3, 0.4) is 0 Å². The van der Waals surface area contributed by atoms with Crippen molar-refractivity contribution in [2.75, 3.05) is 4.90 Å². The Morgan fingerprint density at radius 2 is 1.18 bits per heavy atom. The molecule has 1 atom stereocenters. The molecule has 1 aliphatic rings. The van der Waals surface area contributed by atoms with Gasteiger partial charge in [-0.05, 0) is 88.7 Å². The quantitative estimate of drug-likeness (QED) is 0.164. The monoisotopic (exact) mass is 732 g/mol. The number of furan rings is 1. The van der Waals surface area contributed by atoms with Gasteiger partial charge in [0, 0.05) is 39.2 Å². The molecular formula is C53H36N2O2. The summed E-state index contributed by atoms with van der Waals surface area (Å²) in [4.78, 5) is 7.21. The first-order chi connectivity index (χ1) is 28.3. The van der Waals surface area contributed by atoms with Crippen molar-refractivity contribution < 1.29 is 8.83 Å². The van der Waals surface area contributed by atoms with Gasteiger partial charge in [-0.3, -0.25) is 0 Å². The van der Waals surface area contributed by atoms with Crippen LogP contribution in [0.25, 0.3) is 77.5 Å². The summed E-state index contributed by atoms with van der Waals surface area (Å²) in [5, 5.41) is 4.35. The summed E-state index contributed by atoms with van der Waals surface area (Å²) in [6.45, 7) is 0. The Labute approximate surface area is 330 Å². The van der Waals surface area contributed by atoms with Crippen LogP contribution in [0.1, 0.15) is 17.9 Å². The van der Waals surface area contributed by atoms with Gasteiger partial charge in [0.1, 0.15) is 16.7 Å². The summed E-state index contributed by atoms with van der Waals surface area (Å²) in [7, 11) is 0. The molecule has 4 nitrogen and oxygen atoms in total. The molecule has 0 fully saturated rings. The van der Waals surface area contributed by atoms with E-state index in [2.05, 4.69) is 163 Å². The molecule has 1 aliphatic carbocycles. The smallest absolute Gasteiger partial charge is 0.227 e. The van der Waals surface area contributed by atoms with Crippen LogP contribution >= 0.6 is 0 Å². The fourth-order valence-electron chi connectivity index (χ4n) is 8.46. The van der Waals surface area contributed by atoms with Crippen molar-refractivity contribution in [1.29, 1.82) is 0 Å². The van der Waals surface area contributed by atoms with E-state index in [4.69, 9.17) is 13.8 Å². The van der Waals surface area contributed by atoms with Crippen molar-refractivity contribution in [3.05, 3.63) is 206 Å². The molecule has 11 rings (SSSR count). The molecule has 270 valence electrons. The molecule has 2 heterocycles. The Kier molecular flexibility index (Phi) is 7.92. The predicted octanol–water partition coefficient (Wildman–Crippen LogP) is 15.0. The largest absolute Gasteiger partial charge is 0.455 e. The van der Waals surface area contributed by atoms with Gasteiger partial charge in [-0.25, -0.2) is 4.98 Å². The molecule has 57 heavy (non-hydrogen) atoms. The molecule has 0 aliphatic heterocycles. The van der Waals surface area contributed by atoms with E-state index in [1.165, 1.54) is 27.5 Å². The van der Waals surface area contributed by atoms with Crippen molar-refractivity contribution in [3.63, 3.8) is 0 Å². The van der Waals surface area contributed by atoms with E-state index < -0.39 is 0 Å². The van der Waals surface area contributed by atoms with Gasteiger partial charge in [0.15, 0.2) is 5.58 Å². The summed E-state index contributed by atoms with van der Waals surface area (Å²) >= 11 is 0. The second-order valence-corrected chi connectivity index (χ2v) is 14.6. The number of hydrogen-bond donors (Lipinski definition) is 0. The van der Waals surface area contributed by atoms with Gasteiger partial charge in [-0.1, -0.05) is 146 Å². The van der Waals surface area contributed by atoms with Crippen LogP contribution in [0.2, 0.25) is 0 Å². The lowest BCUT2D eigenvalue weighted by molar-refractivity contribution is 0.622. The minimum atomic E-state index is 0.384. The number of allylic oxidation sites excluding steroid dienone is 4. The highest BCUT2D eigenvalue weighted by molar-refractivity contribution is 6.18. The lowest BCUT2D eigenvalue weighted by atomic mass is 9.92. The lowest BCUT2D eigenvalue weighted by Gasteiger charge is -2.28. The van der Waals surface area contributed by atoms with Crippen LogP contribution < -0.4 is 4.90 Å². The van der Waals surface area contributed by atoms with Crippen molar-refractivity contribution in [2.24, 2.45) is 0 Å². The number of rotatable bonds is 7. The van der Waals surface area contributed by atoms with Gasteiger partial charge >= 0.3 is 0 Å². The van der Waals surface area contributed by atoms with Crippen LogP contribution in [0, 0.1) is 0 Å². The van der Waals surface area contributed by atoms with Gasteiger partial charge in [0.25, 0.3) is 0 Å². The van der Waals surface area contributed by atoms with E-state index in [1.54, 1.807) is 0 Å². The molecule has 0 radical (unpaired) electrons. The molecule has 0 N–H and O–H groups in total. The summed E-state index contributed by atoms with van der Waals surface area (Å²) in [6.07, 6.45) is 9.84. The van der Waals surface area contributed by atoms with E-state index in [1.807, 2.05) is 42.5 Å². The summed E-state index contributed by atoms with van der Waals surface area (Å²) in [6, 6.07) is 62.2. The van der Waals surface area contributed by atoms with E-state index in [9.17, 15) is 0 Å². The molecule has 2 aromatic heterocycles. The summed E-state index contributed by atoms with van der Waals surface area (Å²) < 4.78 is 13.1. The zero-order chi connectivity index (χ0) is 37.7. The second-order valence-electron chi connectivity index (χ2n) is 14.6. The maximum absolute atomic E-state index is 6.63. The van der Waals surface area contributed by atoms with Gasteiger partial charge in [0.2, 0.25) is 5.89 Å². The zero-order valence-electron chi connectivity index (χ0n) is 31.0. The van der Waals surface area contributed by atoms with Crippen LogP contribution in [0.15, 0.2) is 209 Å². The van der Waals surface area contributed by atoms with Crippen molar-refractivity contribution in [3.8, 4) is 33.7 Å². The first-order valence-corrected chi connectivity index (χ1v) is 19.5. The zero-order valence-corrected chi connectivity index (χ0v) is 31.0. The number of benzene rings is 8. The van der Waals surface area contributed by atoms with Gasteiger partial charge in [-0.2, -0.15) is 0 Å². The molecular weight excluding hydrogens is 697 g/mol. The molecule has 0 amide bonds. The Balaban J connectivity index is 1.03. The highest BCUT2D eigenvalue weighted by Crippen LogP contribution is 2.44. The molecule has 0 saturated carbocycles. The molecule has 8 aromatic carbocycles. The summed E-state index contributed by atoms with van der Waals surface area (Å²) in [5.41, 5.74) is 13.2. The predicted molar refractivity (Wildman–Crippen MR) is 235 cm³/mol. The normalized spacial score (nSPS) is 13.9. The molecule has 0 bridgehead atoms. The average molecular weight is 733 g/mol. The minimum absolute atomic E-state index is 0.384. The van der Waals surface area contributed by atoms with Gasteiger partial charge in [-0.15, -0.1) is 0 Å². The average Bonchev–Trinajstić information content (AvgIpc) is 3.90. The summed E-state index contributed by atoms with van der Waals surface area (Å²) in [5.74, 6) is 0.985. The highest BCUT2D eigenvalue weighted by Gasteiger charge is 2.21. The number of para-hydroxylation sites is 1. The molecule has 0 saturated heterocycles. The van der Waals surface area contributed by atoms with Crippen LogP contribution in [0.5, 0.6) is 0 Å². The van der Waals surface area contributed by atoms with E-state index >= 15 is 0 Å². The maximum Gasteiger partial charge on any atom is 0.227 e. The number of anilines is 3. The molecule has 0 spiro atoms. The SMILES string of the molecule is C1=CCC(c2ccc(N(c3ccc(-c4cccc5c4oc4ccc6nc(-c7ccccc7)oc6c45)cc3)c3ccc(-c4ccccc4)c4ccccc34)cc2)C=C1. The van der Waals surface area contributed by atoms with E-state index in [0.29, 0.717) is 11.8 Å². The Hall–Kier alpha value is -7.43. The Morgan fingerprint density at radius 1 is 0.491 bits per heavy atom. The first kappa shape index (κ1) is 33.0. The standard InChI is InChI=1S/C53H36N2O2/c1-4-13-35(14-5-1)36-23-27-40(28-24-36)55(48-33-31-42(37-15-6-2-7-16-37)44-19-10-11-20-45(44)48)41-29-25-38(26-30-41)43-21-12-22-46-50-49(56-51(43)46)34-32-47-52(50)57-53(54-47)39-17-8-3-9-18-39/h1-13,15-35H,14H2. The molecule has 4 heteroatoms. The van der Waals surface area contributed by atoms with Crippen molar-refractivity contribution in [1.82, 2.24) is 4.98 Å². The Morgan fingerprint density at radius 3 is 1.93 bits per heavy atom. The number of nitrogens with zero attached hydrogens (tertiary/aromatic N) is 2. The number of fused-ring (bicyclic) bond motifs is 6. The molecule has 1 unspecified atom stereocenters. The fourth-order valence-corrected chi connectivity index (χ4v) is 8.46. The van der Waals surface area contributed by atoms with Crippen LogP contribution in [-0.4, -0.2) is 4.98 Å². The fraction of sp³-hybridized carbons (Fsp3) is 0.0377. The Bertz CT molecular complexity index is 3140. The van der Waals surface area contributed by atoms with Gasteiger partial charge in [0.05, 0.1) is 11.1 Å². The third-order valence-corrected chi connectivity index (χ3v) is 11.3. The van der Waals surface area contributed by atoms with Crippen molar-refractivity contribution in [2.45, 2.75) is 12.3 Å². The van der Waals surface area contributed by atoms with Crippen LogP contribution in [0.4, 0.5) is 17.1 Å². The van der Waals surface area contributed by atoms with E-state index in [-0.39, 0.29) is 0 Å². The highest BCUT2D eigenvalue weighted by atomic mass is 16.4. The third-order valence-electron chi connectivity index (χ3n) is 11.3. The second kappa shape index (κ2) is 13.7.